The van der Waals surface area contributed by atoms with Crippen molar-refractivity contribution in [2.75, 3.05) is 0 Å². The molecule has 2 rings (SSSR count). The molecule has 0 bridgehead atoms. The number of urea groups is 1. The third kappa shape index (κ3) is 4.92. The Kier molecular flexibility index (Phi) is 5.34. The van der Waals surface area contributed by atoms with E-state index in [0.717, 1.165) is 15.6 Å². The lowest BCUT2D eigenvalue weighted by Crippen LogP contribution is -2.24. The number of hydrazone groups is 1. The van der Waals surface area contributed by atoms with Gasteiger partial charge in [0.25, 0.3) is 0 Å². The number of nitrogens with one attached hydrogen (secondary N) is 1. The molecule has 0 aromatic heterocycles. The zero-order valence-corrected chi connectivity index (χ0v) is 12.7. The maximum absolute atomic E-state index is 10.6. The highest BCUT2D eigenvalue weighted by Crippen LogP contribution is 2.19. The Labute approximate surface area is 130 Å². The molecule has 21 heavy (non-hydrogen) atoms. The lowest BCUT2D eigenvalue weighted by molar-refractivity contribution is 0.249. The Hall–Kier alpha value is -2.34. The van der Waals surface area contributed by atoms with Crippen molar-refractivity contribution >= 4 is 28.2 Å². The molecule has 0 fully saturated rings. The Balaban J connectivity index is 2.06. The largest absolute Gasteiger partial charge is 0.488 e. The van der Waals surface area contributed by atoms with Crippen molar-refractivity contribution in [3.8, 4) is 5.75 Å². The van der Waals surface area contributed by atoms with Gasteiger partial charge in [0, 0.05) is 10.0 Å². The highest BCUT2D eigenvalue weighted by atomic mass is 79.9. The molecule has 2 aromatic carbocycles. The fraction of sp³-hybridized carbons (Fsp3) is 0.0667. The molecule has 6 heteroatoms. The lowest BCUT2D eigenvalue weighted by atomic mass is 10.2. The molecule has 0 spiro atoms. The third-order valence-electron chi connectivity index (χ3n) is 2.58. The number of carbonyl (C=O) groups is 1. The predicted octanol–water partition coefficient (Wildman–Crippen LogP) is 3.03. The molecule has 0 aliphatic carbocycles. The highest BCUT2D eigenvalue weighted by molar-refractivity contribution is 9.10. The molecular formula is C15H14BrN3O2. The van der Waals surface area contributed by atoms with Crippen LogP contribution in [-0.2, 0) is 6.61 Å². The van der Waals surface area contributed by atoms with Gasteiger partial charge in [-0.1, -0.05) is 40.2 Å². The van der Waals surface area contributed by atoms with Gasteiger partial charge < -0.3 is 10.5 Å². The minimum Gasteiger partial charge on any atom is -0.488 e. The highest BCUT2D eigenvalue weighted by Gasteiger charge is 2.02. The van der Waals surface area contributed by atoms with Crippen molar-refractivity contribution < 1.29 is 9.53 Å². The van der Waals surface area contributed by atoms with Gasteiger partial charge in [-0.05, 0) is 29.8 Å². The molecule has 0 saturated carbocycles. The number of benzene rings is 2. The summed E-state index contributed by atoms with van der Waals surface area (Å²) in [6.45, 7) is 0.438. The van der Waals surface area contributed by atoms with Crippen LogP contribution < -0.4 is 15.9 Å². The Morgan fingerprint density at radius 3 is 2.86 bits per heavy atom. The van der Waals surface area contributed by atoms with Gasteiger partial charge in [0.2, 0.25) is 0 Å². The molecule has 0 atom stereocenters. The minimum absolute atomic E-state index is 0.438. The summed E-state index contributed by atoms with van der Waals surface area (Å²) in [5, 5.41) is 3.73. The zero-order chi connectivity index (χ0) is 15.1. The first-order valence-corrected chi connectivity index (χ1v) is 6.99. The van der Waals surface area contributed by atoms with Gasteiger partial charge in [0.1, 0.15) is 12.4 Å². The van der Waals surface area contributed by atoms with Crippen molar-refractivity contribution in [1.82, 2.24) is 5.43 Å². The standard InChI is InChI=1S/C15H14BrN3O2/c16-13-6-3-4-11(8-13)10-21-14-7-2-1-5-12(14)9-18-19-15(17)20/h1-9H,10H2,(H3,17,19,20)/b18-9-. The lowest BCUT2D eigenvalue weighted by Gasteiger charge is -2.09. The smallest absolute Gasteiger partial charge is 0.332 e. The summed E-state index contributed by atoms with van der Waals surface area (Å²) in [7, 11) is 0. The van der Waals surface area contributed by atoms with E-state index in [-0.39, 0.29) is 0 Å². The number of rotatable bonds is 5. The first-order chi connectivity index (χ1) is 10.1. The molecule has 0 radical (unpaired) electrons. The summed E-state index contributed by atoms with van der Waals surface area (Å²) >= 11 is 3.42. The van der Waals surface area contributed by atoms with E-state index >= 15 is 0 Å². The molecular weight excluding hydrogens is 334 g/mol. The molecule has 108 valence electrons. The van der Waals surface area contributed by atoms with E-state index in [1.807, 2.05) is 48.5 Å². The number of nitrogens with zero attached hydrogens (tertiary/aromatic N) is 1. The Bertz CT molecular complexity index is 659. The number of hydrogen-bond donors (Lipinski definition) is 2. The van der Waals surface area contributed by atoms with Gasteiger partial charge in [0.15, 0.2) is 0 Å². The van der Waals surface area contributed by atoms with Crippen molar-refractivity contribution in [3.63, 3.8) is 0 Å². The quantitative estimate of drug-likeness (QED) is 0.644. The van der Waals surface area contributed by atoms with Crippen molar-refractivity contribution in [1.29, 1.82) is 0 Å². The molecule has 0 saturated heterocycles. The molecule has 2 amide bonds. The average molecular weight is 348 g/mol. The maximum atomic E-state index is 10.6. The van der Waals surface area contributed by atoms with Crippen molar-refractivity contribution in [2.45, 2.75) is 6.61 Å². The summed E-state index contributed by atoms with van der Waals surface area (Å²) in [4.78, 5) is 10.6. The fourth-order valence-corrected chi connectivity index (χ4v) is 2.12. The van der Waals surface area contributed by atoms with Crippen LogP contribution in [0.1, 0.15) is 11.1 Å². The normalized spacial score (nSPS) is 10.5. The summed E-state index contributed by atoms with van der Waals surface area (Å²) in [5.74, 6) is 0.674. The third-order valence-corrected chi connectivity index (χ3v) is 3.07. The summed E-state index contributed by atoms with van der Waals surface area (Å²) in [6, 6.07) is 14.6. The second-order valence-corrected chi connectivity index (χ2v) is 5.11. The topological polar surface area (TPSA) is 76.7 Å². The minimum atomic E-state index is -0.709. The van der Waals surface area contributed by atoms with Crippen molar-refractivity contribution in [3.05, 3.63) is 64.1 Å². The van der Waals surface area contributed by atoms with E-state index in [9.17, 15) is 4.79 Å². The van der Waals surface area contributed by atoms with Gasteiger partial charge in [-0.15, -0.1) is 0 Å². The number of hydrogen-bond acceptors (Lipinski definition) is 3. The number of nitrogens with two attached hydrogens (primary N) is 1. The summed E-state index contributed by atoms with van der Waals surface area (Å²) < 4.78 is 6.78. The molecule has 0 aliphatic rings. The van der Waals surface area contributed by atoms with E-state index < -0.39 is 6.03 Å². The number of carbonyl (C=O) groups excluding carboxylic acids is 1. The van der Waals surface area contributed by atoms with Crippen LogP contribution in [0.25, 0.3) is 0 Å². The molecule has 0 heterocycles. The van der Waals surface area contributed by atoms with Gasteiger partial charge in [0.05, 0.1) is 6.21 Å². The molecule has 5 nitrogen and oxygen atoms in total. The van der Waals surface area contributed by atoms with Crippen LogP contribution in [0.4, 0.5) is 4.79 Å². The van der Waals surface area contributed by atoms with E-state index in [0.29, 0.717) is 12.4 Å². The van der Waals surface area contributed by atoms with Crippen LogP contribution in [0.15, 0.2) is 58.1 Å². The fourth-order valence-electron chi connectivity index (χ4n) is 1.67. The number of para-hydroxylation sites is 1. The number of primary amides is 1. The first kappa shape index (κ1) is 15.1. The van der Waals surface area contributed by atoms with Crippen LogP contribution in [0, 0.1) is 0 Å². The van der Waals surface area contributed by atoms with Gasteiger partial charge in [-0.3, -0.25) is 0 Å². The maximum Gasteiger partial charge on any atom is 0.332 e. The summed E-state index contributed by atoms with van der Waals surface area (Å²) in [5.41, 5.74) is 8.89. The average Bonchev–Trinajstić information content (AvgIpc) is 2.46. The molecule has 0 unspecified atom stereocenters. The van der Waals surface area contributed by atoms with E-state index in [1.54, 1.807) is 0 Å². The van der Waals surface area contributed by atoms with Gasteiger partial charge in [-0.2, -0.15) is 5.10 Å². The number of amides is 2. The van der Waals surface area contributed by atoms with Gasteiger partial charge >= 0.3 is 6.03 Å². The summed E-state index contributed by atoms with van der Waals surface area (Å²) in [6.07, 6.45) is 1.49. The van der Waals surface area contributed by atoms with E-state index in [1.165, 1.54) is 6.21 Å². The van der Waals surface area contributed by atoms with E-state index in [4.69, 9.17) is 10.5 Å². The zero-order valence-electron chi connectivity index (χ0n) is 11.1. The van der Waals surface area contributed by atoms with Crippen LogP contribution >= 0.6 is 15.9 Å². The molecule has 3 N–H and O–H groups in total. The Morgan fingerprint density at radius 2 is 2.10 bits per heavy atom. The second kappa shape index (κ2) is 7.44. The first-order valence-electron chi connectivity index (χ1n) is 6.20. The van der Waals surface area contributed by atoms with Gasteiger partial charge in [-0.25, -0.2) is 10.2 Å². The van der Waals surface area contributed by atoms with Crippen LogP contribution in [0.3, 0.4) is 0 Å². The SMILES string of the molecule is NC(=O)N/N=C\c1ccccc1OCc1cccc(Br)c1. The monoisotopic (exact) mass is 347 g/mol. The Morgan fingerprint density at radius 1 is 1.29 bits per heavy atom. The number of ether oxygens (including phenoxy) is 1. The predicted molar refractivity (Wildman–Crippen MR) is 85.2 cm³/mol. The van der Waals surface area contributed by atoms with Crippen LogP contribution in [0.5, 0.6) is 5.75 Å². The molecule has 0 aliphatic heterocycles. The van der Waals surface area contributed by atoms with Crippen LogP contribution in [-0.4, -0.2) is 12.2 Å². The number of halogens is 1. The van der Waals surface area contributed by atoms with E-state index in [2.05, 4.69) is 26.5 Å². The van der Waals surface area contributed by atoms with Crippen molar-refractivity contribution in [2.24, 2.45) is 10.8 Å². The molecule has 2 aromatic rings. The van der Waals surface area contributed by atoms with Crippen LogP contribution in [0.2, 0.25) is 0 Å². The second-order valence-electron chi connectivity index (χ2n) is 4.19.